The first-order valence-electron chi connectivity index (χ1n) is 5.89. The number of fused-ring (bicyclic) bond motifs is 2. The second-order valence-electron chi connectivity index (χ2n) is 4.68. The normalized spacial score (nSPS) is 11.9. The molecule has 0 radical (unpaired) electrons. The zero-order chi connectivity index (χ0) is 12.7. The summed E-state index contributed by atoms with van der Waals surface area (Å²) in [6.07, 6.45) is 0. The smallest absolute Gasteiger partial charge is 0.0874 e. The number of nitrogens with zero attached hydrogens (tertiary/aromatic N) is 2. The van der Waals surface area contributed by atoms with E-state index >= 15 is 0 Å². The molecule has 0 fully saturated rings. The number of hydrogen-bond acceptors (Lipinski definition) is 3. The molecule has 1 aliphatic rings. The topological polar surface area (TPSA) is 27.6 Å². The summed E-state index contributed by atoms with van der Waals surface area (Å²) in [5, 5.41) is 5.37. The van der Waals surface area contributed by atoms with Gasteiger partial charge in [0.25, 0.3) is 0 Å². The first-order chi connectivity index (χ1) is 8.63. The molecule has 3 nitrogen and oxygen atoms in total. The second-order valence-corrected chi connectivity index (χ2v) is 4.68. The van der Waals surface area contributed by atoms with Crippen molar-refractivity contribution in [2.45, 2.75) is 0 Å². The highest BCUT2D eigenvalue weighted by molar-refractivity contribution is 5.78. The molecule has 0 saturated carbocycles. The van der Waals surface area contributed by atoms with Gasteiger partial charge < -0.3 is 10.2 Å². The van der Waals surface area contributed by atoms with Gasteiger partial charge in [-0.2, -0.15) is 0 Å². The molecule has 3 heteroatoms. The van der Waals surface area contributed by atoms with Crippen LogP contribution >= 0.6 is 0 Å². The monoisotopic (exact) mass is 237 g/mol. The van der Waals surface area contributed by atoms with Crippen molar-refractivity contribution in [3.63, 3.8) is 0 Å². The molecule has 0 aliphatic carbocycles. The predicted molar refractivity (Wildman–Crippen MR) is 76.5 cm³/mol. The van der Waals surface area contributed by atoms with E-state index in [-0.39, 0.29) is 0 Å². The lowest BCUT2D eigenvalue weighted by atomic mass is 10.1. The van der Waals surface area contributed by atoms with Gasteiger partial charge in [-0.15, -0.1) is 0 Å². The van der Waals surface area contributed by atoms with Crippen molar-refractivity contribution < 1.29 is 0 Å². The van der Waals surface area contributed by atoms with Gasteiger partial charge in [-0.1, -0.05) is 12.6 Å². The lowest BCUT2D eigenvalue weighted by molar-refractivity contribution is 1.13. The fourth-order valence-electron chi connectivity index (χ4n) is 2.06. The van der Waals surface area contributed by atoms with Crippen molar-refractivity contribution in [1.82, 2.24) is 0 Å². The molecule has 0 spiro atoms. The van der Waals surface area contributed by atoms with Crippen molar-refractivity contribution in [3.8, 4) is 0 Å². The lowest BCUT2D eigenvalue weighted by Gasteiger charge is -2.19. The highest BCUT2D eigenvalue weighted by atomic mass is 15.1. The zero-order valence-electron chi connectivity index (χ0n) is 10.6. The summed E-state index contributed by atoms with van der Waals surface area (Å²) in [5.41, 5.74) is 4.20. The largest absolute Gasteiger partial charge is 0.378 e. The number of anilines is 3. The van der Waals surface area contributed by atoms with E-state index in [1.165, 1.54) is 0 Å². The van der Waals surface area contributed by atoms with Crippen LogP contribution < -0.4 is 20.8 Å². The summed E-state index contributed by atoms with van der Waals surface area (Å²) >= 11 is 0. The van der Waals surface area contributed by atoms with Crippen LogP contribution in [0, 0.1) is 0 Å². The van der Waals surface area contributed by atoms with Gasteiger partial charge in [-0.25, -0.2) is 4.99 Å². The molecule has 90 valence electrons. The van der Waals surface area contributed by atoms with Crippen molar-refractivity contribution >= 4 is 29.3 Å². The van der Waals surface area contributed by atoms with E-state index in [4.69, 9.17) is 0 Å². The molecule has 1 heterocycles. The highest BCUT2D eigenvalue weighted by Crippen LogP contribution is 2.32. The molecule has 0 amide bonds. The van der Waals surface area contributed by atoms with Gasteiger partial charge in [-0.05, 0) is 35.6 Å². The van der Waals surface area contributed by atoms with Crippen LogP contribution in [0.1, 0.15) is 0 Å². The Hall–Kier alpha value is -2.29. The van der Waals surface area contributed by atoms with E-state index in [2.05, 4.69) is 33.9 Å². The number of rotatable bonds is 1. The van der Waals surface area contributed by atoms with Gasteiger partial charge in [0.2, 0.25) is 0 Å². The van der Waals surface area contributed by atoms with Crippen LogP contribution in [0.2, 0.25) is 0 Å². The van der Waals surface area contributed by atoms with Gasteiger partial charge in [0.1, 0.15) is 0 Å². The van der Waals surface area contributed by atoms with Crippen LogP contribution in [0.4, 0.5) is 22.7 Å². The van der Waals surface area contributed by atoms with Crippen LogP contribution in [0.3, 0.4) is 0 Å². The Kier molecular flexibility index (Phi) is 2.33. The van der Waals surface area contributed by atoms with E-state index < -0.39 is 0 Å². The molecule has 1 N–H and O–H groups in total. The van der Waals surface area contributed by atoms with Crippen molar-refractivity contribution in [2.24, 2.45) is 4.99 Å². The predicted octanol–water partition coefficient (Wildman–Crippen LogP) is 2.17. The Bertz CT molecular complexity index is 717. The number of benzene rings is 2. The van der Waals surface area contributed by atoms with Crippen molar-refractivity contribution in [2.75, 3.05) is 24.3 Å². The summed E-state index contributed by atoms with van der Waals surface area (Å²) < 4.78 is 0. The molecule has 0 saturated heterocycles. The van der Waals surface area contributed by atoms with Gasteiger partial charge in [0, 0.05) is 19.8 Å². The molecule has 0 unspecified atom stereocenters. The molecule has 0 atom stereocenters. The number of nitrogens with one attached hydrogen (secondary N) is 1. The SMILES string of the molecule is C=c1ccc2c(c1)Nc1cc(N(C)C)ccc1N=2. The Morgan fingerprint density at radius 2 is 1.89 bits per heavy atom. The maximum absolute atomic E-state index is 4.64. The van der Waals surface area contributed by atoms with Gasteiger partial charge >= 0.3 is 0 Å². The van der Waals surface area contributed by atoms with Crippen LogP contribution in [0.5, 0.6) is 0 Å². The Labute approximate surface area is 106 Å². The molecular formula is C15H15N3. The summed E-state index contributed by atoms with van der Waals surface area (Å²) in [4.78, 5) is 6.72. The molecule has 1 aliphatic heterocycles. The number of hydrogen-bond donors (Lipinski definition) is 1. The zero-order valence-corrected chi connectivity index (χ0v) is 10.6. The fourth-order valence-corrected chi connectivity index (χ4v) is 2.06. The maximum Gasteiger partial charge on any atom is 0.0874 e. The van der Waals surface area contributed by atoms with E-state index in [1.807, 2.05) is 38.4 Å². The third-order valence-electron chi connectivity index (χ3n) is 3.07. The van der Waals surface area contributed by atoms with Crippen LogP contribution in [0.25, 0.3) is 6.58 Å². The minimum absolute atomic E-state index is 0.965. The molecule has 3 rings (SSSR count). The van der Waals surface area contributed by atoms with Gasteiger partial charge in [0.15, 0.2) is 0 Å². The Morgan fingerprint density at radius 1 is 1.06 bits per heavy atom. The van der Waals surface area contributed by atoms with Crippen molar-refractivity contribution in [1.29, 1.82) is 0 Å². The van der Waals surface area contributed by atoms with Gasteiger partial charge in [-0.3, -0.25) is 0 Å². The average Bonchev–Trinajstić information content (AvgIpc) is 2.35. The van der Waals surface area contributed by atoms with Crippen molar-refractivity contribution in [3.05, 3.63) is 47.0 Å². The first-order valence-corrected chi connectivity index (χ1v) is 5.89. The van der Waals surface area contributed by atoms with E-state index in [9.17, 15) is 0 Å². The lowest BCUT2D eigenvalue weighted by Crippen LogP contribution is -2.16. The third kappa shape index (κ3) is 1.74. The van der Waals surface area contributed by atoms with E-state index in [1.54, 1.807) is 0 Å². The third-order valence-corrected chi connectivity index (χ3v) is 3.07. The van der Waals surface area contributed by atoms with E-state index in [0.717, 1.165) is 33.3 Å². The molecule has 2 aromatic rings. The average molecular weight is 237 g/mol. The molecule has 18 heavy (non-hydrogen) atoms. The summed E-state index contributed by atoms with van der Waals surface area (Å²) in [7, 11) is 4.06. The van der Waals surface area contributed by atoms with Gasteiger partial charge in [0.05, 0.1) is 22.4 Å². The Morgan fingerprint density at radius 3 is 2.67 bits per heavy atom. The minimum atomic E-state index is 0.965. The second kappa shape index (κ2) is 3.88. The fraction of sp³-hybridized carbons (Fsp3) is 0.133. The minimum Gasteiger partial charge on any atom is -0.378 e. The Balaban J connectivity index is 2.18. The molecule has 0 bridgehead atoms. The van der Waals surface area contributed by atoms with Crippen LogP contribution in [-0.2, 0) is 0 Å². The van der Waals surface area contributed by atoms with E-state index in [0.29, 0.717) is 0 Å². The summed E-state index contributed by atoms with van der Waals surface area (Å²) in [6, 6.07) is 12.2. The quantitative estimate of drug-likeness (QED) is 0.702. The molecular weight excluding hydrogens is 222 g/mol. The highest BCUT2D eigenvalue weighted by Gasteiger charge is 2.10. The molecule has 0 aromatic heterocycles. The standard InChI is InChI=1S/C15H15N3/c1-10-4-6-12-14(8-10)17-15-9-11(18(2)3)5-7-13(15)16-12/h4-9,17H,1H2,2-3H3. The molecule has 2 aromatic carbocycles. The summed E-state index contributed by atoms with van der Waals surface area (Å²) in [6.45, 7) is 3.94. The maximum atomic E-state index is 4.64. The summed E-state index contributed by atoms with van der Waals surface area (Å²) in [5.74, 6) is 0. The first kappa shape index (κ1) is 10.8. The van der Waals surface area contributed by atoms with Crippen LogP contribution in [0.15, 0.2) is 41.4 Å². The van der Waals surface area contributed by atoms with Crippen LogP contribution in [-0.4, -0.2) is 14.1 Å².